The first kappa shape index (κ1) is 13.0. The van der Waals surface area contributed by atoms with Crippen molar-refractivity contribution in [2.45, 2.75) is 31.8 Å². The van der Waals surface area contributed by atoms with Crippen molar-refractivity contribution in [3.05, 3.63) is 39.9 Å². The minimum atomic E-state index is -0.363. The number of morpholine rings is 1. The molecule has 2 rings (SSSR count). The highest BCUT2D eigenvalue weighted by Gasteiger charge is 2.27. The van der Waals surface area contributed by atoms with Crippen LogP contribution in [0.3, 0.4) is 0 Å². The van der Waals surface area contributed by atoms with E-state index >= 15 is 0 Å². The van der Waals surface area contributed by atoms with Gasteiger partial charge in [0.15, 0.2) is 0 Å². The monoisotopic (exact) mass is 250 g/mol. The fraction of sp³-hybridized carbons (Fsp3) is 0.538. The first-order valence-corrected chi connectivity index (χ1v) is 6.05. The maximum Gasteiger partial charge on any atom is 0.269 e. The van der Waals surface area contributed by atoms with Gasteiger partial charge in [-0.1, -0.05) is 12.1 Å². The first-order chi connectivity index (χ1) is 8.46. The minimum absolute atomic E-state index is 0.0381. The number of hydrogen-bond acceptors (Lipinski definition) is 4. The summed E-state index contributed by atoms with van der Waals surface area (Å²) in [5.41, 5.74) is 1.07. The van der Waals surface area contributed by atoms with E-state index in [1.807, 2.05) is 6.07 Å². The molecular formula is C13H18N2O3. The van der Waals surface area contributed by atoms with Gasteiger partial charge in [-0.2, -0.15) is 0 Å². The molecule has 1 heterocycles. The Balaban J connectivity index is 2.05. The lowest BCUT2D eigenvalue weighted by Crippen LogP contribution is -2.56. The number of benzene rings is 1. The van der Waals surface area contributed by atoms with Crippen molar-refractivity contribution in [1.82, 2.24) is 5.32 Å². The number of nitrogens with one attached hydrogen (secondary N) is 1. The maximum atomic E-state index is 10.7. The van der Waals surface area contributed by atoms with Gasteiger partial charge < -0.3 is 10.1 Å². The molecule has 0 aromatic heterocycles. The summed E-state index contributed by atoms with van der Waals surface area (Å²) in [7, 11) is 0. The van der Waals surface area contributed by atoms with Gasteiger partial charge in [-0.05, 0) is 25.8 Å². The summed E-state index contributed by atoms with van der Waals surface area (Å²) in [6, 6.07) is 6.98. The lowest BCUT2D eigenvalue weighted by molar-refractivity contribution is -0.384. The van der Waals surface area contributed by atoms with Crippen LogP contribution in [0.2, 0.25) is 0 Å². The zero-order valence-corrected chi connectivity index (χ0v) is 10.7. The van der Waals surface area contributed by atoms with Crippen molar-refractivity contribution in [2.24, 2.45) is 0 Å². The molecule has 1 aromatic rings. The Kier molecular flexibility index (Phi) is 3.63. The molecule has 0 radical (unpaired) electrons. The number of non-ortho nitro benzene ring substituents is 1. The molecule has 1 aliphatic rings. The second kappa shape index (κ2) is 5.04. The van der Waals surface area contributed by atoms with E-state index in [1.165, 1.54) is 6.07 Å². The molecule has 1 saturated heterocycles. The van der Waals surface area contributed by atoms with E-state index < -0.39 is 0 Å². The Labute approximate surface area is 106 Å². The van der Waals surface area contributed by atoms with Gasteiger partial charge in [0.25, 0.3) is 5.69 Å². The fourth-order valence-corrected chi connectivity index (χ4v) is 2.28. The summed E-state index contributed by atoms with van der Waals surface area (Å²) in [6.45, 7) is 5.52. The average Bonchev–Trinajstić information content (AvgIpc) is 2.28. The van der Waals surface area contributed by atoms with E-state index in [1.54, 1.807) is 12.1 Å². The van der Waals surface area contributed by atoms with Gasteiger partial charge in [-0.25, -0.2) is 0 Å². The van der Waals surface area contributed by atoms with E-state index in [0.717, 1.165) is 12.0 Å². The topological polar surface area (TPSA) is 64.4 Å². The molecule has 0 spiro atoms. The minimum Gasteiger partial charge on any atom is -0.378 e. The van der Waals surface area contributed by atoms with Crippen molar-refractivity contribution < 1.29 is 9.66 Å². The molecule has 98 valence electrons. The molecule has 0 saturated carbocycles. The molecule has 5 heteroatoms. The molecule has 0 bridgehead atoms. The van der Waals surface area contributed by atoms with Gasteiger partial charge >= 0.3 is 0 Å². The maximum absolute atomic E-state index is 10.7. The Morgan fingerprint density at radius 3 is 3.00 bits per heavy atom. The summed E-state index contributed by atoms with van der Waals surface area (Å²) in [5.74, 6) is 0. The third-order valence-electron chi connectivity index (χ3n) is 2.98. The highest BCUT2D eigenvalue weighted by Crippen LogP contribution is 2.17. The van der Waals surface area contributed by atoms with Crippen LogP contribution in [0.1, 0.15) is 19.4 Å². The van der Waals surface area contributed by atoms with Gasteiger partial charge in [0.2, 0.25) is 0 Å². The molecule has 0 amide bonds. The smallest absolute Gasteiger partial charge is 0.269 e. The summed E-state index contributed by atoms with van der Waals surface area (Å²) < 4.78 is 5.55. The van der Waals surface area contributed by atoms with Crippen LogP contribution in [0, 0.1) is 10.1 Å². The van der Waals surface area contributed by atoms with Crippen molar-refractivity contribution in [2.75, 3.05) is 13.2 Å². The van der Waals surface area contributed by atoms with Crippen LogP contribution in [0.25, 0.3) is 0 Å². The number of nitrogens with zero attached hydrogens (tertiary/aromatic N) is 1. The largest absolute Gasteiger partial charge is 0.378 e. The molecule has 1 N–H and O–H groups in total. The average molecular weight is 250 g/mol. The van der Waals surface area contributed by atoms with E-state index in [9.17, 15) is 10.1 Å². The zero-order chi connectivity index (χ0) is 13.2. The van der Waals surface area contributed by atoms with E-state index in [4.69, 9.17) is 4.74 Å². The standard InChI is InChI=1S/C13H18N2O3/c1-13(2)9-18-8-11(14-13)6-10-4-3-5-12(7-10)15(16)17/h3-5,7,11,14H,6,8-9H2,1-2H3. The molecule has 18 heavy (non-hydrogen) atoms. The van der Waals surface area contributed by atoms with Crippen molar-refractivity contribution in [3.63, 3.8) is 0 Å². The second-order valence-electron chi connectivity index (χ2n) is 5.37. The predicted octanol–water partition coefficient (Wildman–Crippen LogP) is 1.90. The number of hydrogen-bond donors (Lipinski definition) is 1. The molecule has 1 aliphatic heterocycles. The van der Waals surface area contributed by atoms with Gasteiger partial charge in [0, 0.05) is 23.7 Å². The van der Waals surface area contributed by atoms with E-state index in [0.29, 0.717) is 13.2 Å². The number of rotatable bonds is 3. The van der Waals surface area contributed by atoms with Crippen molar-refractivity contribution >= 4 is 5.69 Å². The molecule has 1 atom stereocenters. The van der Waals surface area contributed by atoms with E-state index in [2.05, 4.69) is 19.2 Å². The van der Waals surface area contributed by atoms with Crippen LogP contribution < -0.4 is 5.32 Å². The van der Waals surface area contributed by atoms with Crippen LogP contribution in [-0.2, 0) is 11.2 Å². The Morgan fingerprint density at radius 1 is 1.56 bits per heavy atom. The summed E-state index contributed by atoms with van der Waals surface area (Å²) in [6.07, 6.45) is 0.741. The van der Waals surface area contributed by atoms with Crippen LogP contribution in [-0.4, -0.2) is 29.7 Å². The summed E-state index contributed by atoms with van der Waals surface area (Å²) >= 11 is 0. The Morgan fingerprint density at radius 2 is 2.33 bits per heavy atom. The number of nitro groups is 1. The number of nitro benzene ring substituents is 1. The fourth-order valence-electron chi connectivity index (χ4n) is 2.28. The van der Waals surface area contributed by atoms with E-state index in [-0.39, 0.29) is 22.2 Å². The predicted molar refractivity (Wildman–Crippen MR) is 68.6 cm³/mol. The molecule has 0 aliphatic carbocycles. The summed E-state index contributed by atoms with van der Waals surface area (Å²) in [5, 5.41) is 14.2. The third kappa shape index (κ3) is 3.27. The van der Waals surface area contributed by atoms with Crippen molar-refractivity contribution in [1.29, 1.82) is 0 Å². The van der Waals surface area contributed by atoms with Gasteiger partial charge in [0.1, 0.15) is 0 Å². The SMILES string of the molecule is CC1(C)COCC(Cc2cccc([N+](=O)[O-])c2)N1. The highest BCUT2D eigenvalue weighted by molar-refractivity contribution is 5.34. The molecule has 1 fully saturated rings. The lowest BCUT2D eigenvalue weighted by atomic mass is 9.99. The van der Waals surface area contributed by atoms with Gasteiger partial charge in [-0.15, -0.1) is 0 Å². The van der Waals surface area contributed by atoms with Crippen LogP contribution in [0.4, 0.5) is 5.69 Å². The molecule has 1 unspecified atom stereocenters. The van der Waals surface area contributed by atoms with Crippen LogP contribution >= 0.6 is 0 Å². The second-order valence-corrected chi connectivity index (χ2v) is 5.37. The highest BCUT2D eigenvalue weighted by atomic mass is 16.6. The first-order valence-electron chi connectivity index (χ1n) is 6.05. The Bertz CT molecular complexity index is 446. The summed E-state index contributed by atoms with van der Waals surface area (Å²) in [4.78, 5) is 10.4. The molecular weight excluding hydrogens is 232 g/mol. The number of ether oxygens (including phenoxy) is 1. The van der Waals surface area contributed by atoms with Gasteiger partial charge in [0.05, 0.1) is 18.1 Å². The zero-order valence-electron chi connectivity index (χ0n) is 10.7. The Hall–Kier alpha value is -1.46. The lowest BCUT2D eigenvalue weighted by Gasteiger charge is -2.37. The van der Waals surface area contributed by atoms with Gasteiger partial charge in [-0.3, -0.25) is 10.1 Å². The molecule has 1 aromatic carbocycles. The third-order valence-corrected chi connectivity index (χ3v) is 2.98. The van der Waals surface area contributed by atoms with Crippen molar-refractivity contribution in [3.8, 4) is 0 Å². The van der Waals surface area contributed by atoms with Crippen LogP contribution in [0.15, 0.2) is 24.3 Å². The molecule has 5 nitrogen and oxygen atoms in total. The van der Waals surface area contributed by atoms with Crippen LogP contribution in [0.5, 0.6) is 0 Å². The normalized spacial score (nSPS) is 22.7. The quantitative estimate of drug-likeness (QED) is 0.657.